The Balaban J connectivity index is 1.92. The Morgan fingerprint density at radius 3 is 2.70 bits per heavy atom. The zero-order valence-electron chi connectivity index (χ0n) is 13.7. The van der Waals surface area contributed by atoms with Crippen LogP contribution in [0.25, 0.3) is 0 Å². The molecule has 1 unspecified atom stereocenters. The third-order valence-corrected chi connectivity index (χ3v) is 3.48. The summed E-state index contributed by atoms with van der Waals surface area (Å²) >= 11 is 0. The number of hydrogen-bond acceptors (Lipinski definition) is 3. The number of benzene rings is 1. The number of aromatic nitrogens is 2. The Bertz CT molecular complexity index is 593. The van der Waals surface area contributed by atoms with Crippen molar-refractivity contribution in [1.29, 1.82) is 0 Å². The van der Waals surface area contributed by atoms with Gasteiger partial charge in [0.25, 0.3) is 0 Å². The number of aliphatic hydroxyl groups is 1. The summed E-state index contributed by atoms with van der Waals surface area (Å²) in [5, 5.41) is 21.2. The summed E-state index contributed by atoms with van der Waals surface area (Å²) in [5.74, 6) is 0.691. The number of nitrogens with one attached hydrogen (secondary N) is 2. The van der Waals surface area contributed by atoms with Crippen LogP contribution >= 0.6 is 0 Å². The van der Waals surface area contributed by atoms with E-state index in [-0.39, 0.29) is 6.54 Å². The van der Waals surface area contributed by atoms with Gasteiger partial charge in [-0.3, -0.25) is 4.68 Å². The molecule has 1 heterocycles. The minimum atomic E-state index is -0.994. The topological polar surface area (TPSA) is 74.5 Å². The van der Waals surface area contributed by atoms with Gasteiger partial charge in [0, 0.05) is 25.5 Å². The zero-order chi connectivity index (χ0) is 16.5. The highest BCUT2D eigenvalue weighted by Crippen LogP contribution is 2.20. The van der Waals surface area contributed by atoms with Gasteiger partial charge in [-0.05, 0) is 25.5 Å². The fourth-order valence-electron chi connectivity index (χ4n) is 2.18. The van der Waals surface area contributed by atoms with Crippen molar-refractivity contribution in [1.82, 2.24) is 20.4 Å². The van der Waals surface area contributed by atoms with E-state index in [0.29, 0.717) is 12.5 Å². The van der Waals surface area contributed by atoms with Gasteiger partial charge in [-0.1, -0.05) is 30.3 Å². The Hall–Kier alpha value is -2.34. The van der Waals surface area contributed by atoms with Crippen molar-refractivity contribution in [3.8, 4) is 0 Å². The van der Waals surface area contributed by atoms with Crippen molar-refractivity contribution in [2.75, 3.05) is 19.6 Å². The van der Waals surface area contributed by atoms with Gasteiger partial charge >= 0.3 is 0 Å². The van der Waals surface area contributed by atoms with Gasteiger partial charge in [-0.15, -0.1) is 0 Å². The molecule has 1 aromatic heterocycles. The van der Waals surface area contributed by atoms with Crippen LogP contribution in [0.15, 0.2) is 53.8 Å². The van der Waals surface area contributed by atoms with E-state index in [9.17, 15) is 5.11 Å². The summed E-state index contributed by atoms with van der Waals surface area (Å²) < 4.78 is 1.86. The number of rotatable bonds is 7. The minimum Gasteiger partial charge on any atom is -0.384 e. The van der Waals surface area contributed by atoms with E-state index in [0.717, 1.165) is 18.7 Å². The number of guanidine groups is 1. The van der Waals surface area contributed by atoms with Crippen LogP contribution < -0.4 is 10.6 Å². The predicted octanol–water partition coefficient (Wildman–Crippen LogP) is 1.35. The zero-order valence-corrected chi connectivity index (χ0v) is 13.7. The Morgan fingerprint density at radius 1 is 1.26 bits per heavy atom. The number of nitrogens with zero attached hydrogens (tertiary/aromatic N) is 3. The van der Waals surface area contributed by atoms with Crippen LogP contribution in [-0.2, 0) is 12.1 Å². The van der Waals surface area contributed by atoms with Gasteiger partial charge in [0.1, 0.15) is 5.60 Å². The lowest BCUT2D eigenvalue weighted by molar-refractivity contribution is 0.0672. The molecule has 2 aromatic rings. The third-order valence-electron chi connectivity index (χ3n) is 3.48. The Kier molecular flexibility index (Phi) is 6.17. The van der Waals surface area contributed by atoms with Crippen molar-refractivity contribution >= 4 is 5.96 Å². The molecule has 6 nitrogen and oxygen atoms in total. The molecule has 0 saturated carbocycles. The summed E-state index contributed by atoms with van der Waals surface area (Å²) in [7, 11) is 0. The van der Waals surface area contributed by atoms with Gasteiger partial charge in [0.15, 0.2) is 5.96 Å². The summed E-state index contributed by atoms with van der Waals surface area (Å²) in [6, 6.07) is 11.5. The van der Waals surface area contributed by atoms with Gasteiger partial charge in [0.2, 0.25) is 0 Å². The molecule has 0 amide bonds. The molecule has 0 spiro atoms. The van der Waals surface area contributed by atoms with Crippen molar-refractivity contribution in [2.24, 2.45) is 4.99 Å². The molecule has 0 saturated heterocycles. The molecule has 3 N–H and O–H groups in total. The van der Waals surface area contributed by atoms with Crippen LogP contribution in [0.1, 0.15) is 19.4 Å². The summed E-state index contributed by atoms with van der Waals surface area (Å²) in [4.78, 5) is 4.50. The Labute approximate surface area is 137 Å². The van der Waals surface area contributed by atoms with Crippen molar-refractivity contribution in [2.45, 2.75) is 26.0 Å². The van der Waals surface area contributed by atoms with Gasteiger partial charge in [-0.25, -0.2) is 4.99 Å². The second-order valence-electron chi connectivity index (χ2n) is 5.53. The SMILES string of the molecule is CCNC(=NCC(C)(O)c1ccccc1)NCCn1cccn1. The van der Waals surface area contributed by atoms with Crippen molar-refractivity contribution < 1.29 is 5.11 Å². The predicted molar refractivity (Wildman–Crippen MR) is 92.2 cm³/mol. The summed E-state index contributed by atoms with van der Waals surface area (Å²) in [5.41, 5.74) is -0.137. The standard InChI is InChI=1S/C17H25N5O/c1-3-18-16(19-11-13-22-12-7-10-21-22)20-14-17(2,23)15-8-5-4-6-9-15/h4-10,12,23H,3,11,13-14H2,1-2H3,(H2,18,19,20). The average Bonchev–Trinajstić information content (AvgIpc) is 3.07. The van der Waals surface area contributed by atoms with Gasteiger partial charge in [0.05, 0.1) is 13.1 Å². The lowest BCUT2D eigenvalue weighted by Gasteiger charge is -2.22. The minimum absolute atomic E-state index is 0.286. The molecular weight excluding hydrogens is 290 g/mol. The normalized spacial score (nSPS) is 14.3. The van der Waals surface area contributed by atoms with Gasteiger partial charge < -0.3 is 15.7 Å². The fraction of sp³-hybridized carbons (Fsp3) is 0.412. The van der Waals surface area contributed by atoms with E-state index in [2.05, 4.69) is 20.7 Å². The van der Waals surface area contributed by atoms with E-state index in [4.69, 9.17) is 0 Å². The first kappa shape index (κ1) is 17.0. The van der Waals surface area contributed by atoms with E-state index in [1.807, 2.05) is 54.2 Å². The second kappa shape index (κ2) is 8.33. The largest absolute Gasteiger partial charge is 0.384 e. The smallest absolute Gasteiger partial charge is 0.191 e. The van der Waals surface area contributed by atoms with Crippen LogP contribution in [0, 0.1) is 0 Å². The molecule has 0 aliphatic heterocycles. The molecule has 124 valence electrons. The first-order valence-corrected chi connectivity index (χ1v) is 7.89. The van der Waals surface area contributed by atoms with E-state index < -0.39 is 5.60 Å². The monoisotopic (exact) mass is 315 g/mol. The number of hydrogen-bond donors (Lipinski definition) is 3. The first-order chi connectivity index (χ1) is 11.1. The maximum absolute atomic E-state index is 10.6. The summed E-state index contributed by atoms with van der Waals surface area (Å²) in [6.07, 6.45) is 3.68. The molecule has 1 atom stereocenters. The molecule has 2 rings (SSSR count). The first-order valence-electron chi connectivity index (χ1n) is 7.89. The molecule has 0 aliphatic rings. The van der Waals surface area contributed by atoms with E-state index in [1.165, 1.54) is 0 Å². The lowest BCUT2D eigenvalue weighted by atomic mass is 9.96. The molecular formula is C17H25N5O. The Morgan fingerprint density at radius 2 is 2.04 bits per heavy atom. The van der Waals surface area contributed by atoms with Crippen molar-refractivity contribution in [3.05, 3.63) is 54.4 Å². The van der Waals surface area contributed by atoms with Crippen LogP contribution in [0.5, 0.6) is 0 Å². The molecule has 0 radical (unpaired) electrons. The molecule has 0 fully saturated rings. The highest BCUT2D eigenvalue weighted by Gasteiger charge is 2.22. The van der Waals surface area contributed by atoms with Gasteiger partial charge in [-0.2, -0.15) is 5.10 Å². The maximum Gasteiger partial charge on any atom is 0.191 e. The van der Waals surface area contributed by atoms with Crippen LogP contribution in [-0.4, -0.2) is 40.5 Å². The van der Waals surface area contributed by atoms with E-state index >= 15 is 0 Å². The van der Waals surface area contributed by atoms with Crippen LogP contribution in [0.4, 0.5) is 0 Å². The highest BCUT2D eigenvalue weighted by molar-refractivity contribution is 5.79. The second-order valence-corrected chi connectivity index (χ2v) is 5.53. The molecule has 1 aromatic carbocycles. The highest BCUT2D eigenvalue weighted by atomic mass is 16.3. The van der Waals surface area contributed by atoms with Crippen LogP contribution in [0.2, 0.25) is 0 Å². The molecule has 6 heteroatoms. The quantitative estimate of drug-likeness (QED) is 0.532. The van der Waals surface area contributed by atoms with Crippen molar-refractivity contribution in [3.63, 3.8) is 0 Å². The lowest BCUT2D eigenvalue weighted by Crippen LogP contribution is -2.40. The molecule has 0 aliphatic carbocycles. The average molecular weight is 315 g/mol. The maximum atomic E-state index is 10.6. The fourth-order valence-corrected chi connectivity index (χ4v) is 2.18. The van der Waals surface area contributed by atoms with Crippen LogP contribution in [0.3, 0.4) is 0 Å². The molecule has 0 bridgehead atoms. The summed E-state index contributed by atoms with van der Waals surface area (Å²) in [6.45, 7) is 6.31. The van der Waals surface area contributed by atoms with E-state index in [1.54, 1.807) is 13.1 Å². The molecule has 23 heavy (non-hydrogen) atoms. The number of aliphatic imine (C=N–C) groups is 1. The third kappa shape index (κ3) is 5.41.